The summed E-state index contributed by atoms with van der Waals surface area (Å²) in [6.45, 7) is 4.86. The maximum atomic E-state index is 11.7. The number of hydrogen-bond acceptors (Lipinski definition) is 3. The average Bonchev–Trinajstić information content (AvgIpc) is 2.60. The van der Waals surface area contributed by atoms with Gasteiger partial charge in [-0.05, 0) is 25.0 Å². The van der Waals surface area contributed by atoms with Gasteiger partial charge in [0.05, 0.1) is 0 Å². The van der Waals surface area contributed by atoms with Crippen LogP contribution in [-0.4, -0.2) is 64.1 Å². The van der Waals surface area contributed by atoms with Gasteiger partial charge in [-0.25, -0.2) is 4.99 Å². The fourth-order valence-corrected chi connectivity index (χ4v) is 2.04. The highest BCUT2D eigenvalue weighted by molar-refractivity contribution is 14.0. The van der Waals surface area contributed by atoms with Gasteiger partial charge in [0.15, 0.2) is 5.96 Å². The van der Waals surface area contributed by atoms with Gasteiger partial charge in [0.25, 0.3) is 0 Å². The van der Waals surface area contributed by atoms with Crippen molar-refractivity contribution in [1.29, 1.82) is 0 Å². The number of halogens is 1. The highest BCUT2D eigenvalue weighted by atomic mass is 127. The number of amides is 1. The van der Waals surface area contributed by atoms with Crippen molar-refractivity contribution in [2.75, 3.05) is 52.2 Å². The third-order valence-electron chi connectivity index (χ3n) is 3.57. The smallest absolute Gasteiger partial charge is 0.243 e. The number of nitrogens with one attached hydrogen (secondary N) is 2. The summed E-state index contributed by atoms with van der Waals surface area (Å²) in [4.78, 5) is 19.8. The Morgan fingerprint density at radius 1 is 1.08 bits per heavy atom. The number of hydrogen-bond donors (Lipinski definition) is 2. The molecule has 0 saturated carbocycles. The second-order valence-electron chi connectivity index (χ2n) is 5.92. The Labute approximate surface area is 169 Å². The minimum absolute atomic E-state index is 0. The summed E-state index contributed by atoms with van der Waals surface area (Å²) in [6.07, 6.45) is 2.00. The van der Waals surface area contributed by atoms with Crippen LogP contribution in [0, 0.1) is 0 Å². The fourth-order valence-electron chi connectivity index (χ4n) is 2.04. The van der Waals surface area contributed by atoms with Crippen LogP contribution < -0.4 is 15.5 Å². The normalized spacial score (nSPS) is 10.6. The minimum Gasteiger partial charge on any atom is -0.375 e. The lowest BCUT2D eigenvalue weighted by Crippen LogP contribution is -2.40. The van der Waals surface area contributed by atoms with E-state index in [0.29, 0.717) is 5.96 Å². The summed E-state index contributed by atoms with van der Waals surface area (Å²) in [5.41, 5.74) is 1.21. The molecule has 0 bridgehead atoms. The Hall–Kier alpha value is -1.51. The van der Waals surface area contributed by atoms with Crippen molar-refractivity contribution in [1.82, 2.24) is 15.5 Å². The molecule has 0 heterocycles. The third kappa shape index (κ3) is 10.2. The maximum Gasteiger partial charge on any atom is 0.243 e. The Morgan fingerprint density at radius 3 is 2.32 bits per heavy atom. The molecule has 0 spiro atoms. The number of nitrogens with zero attached hydrogens (tertiary/aromatic N) is 3. The zero-order chi connectivity index (χ0) is 17.8. The van der Waals surface area contributed by atoms with Crippen molar-refractivity contribution in [3.05, 3.63) is 30.3 Å². The molecule has 0 saturated heterocycles. The van der Waals surface area contributed by atoms with Gasteiger partial charge in [-0.3, -0.25) is 4.79 Å². The van der Waals surface area contributed by atoms with Crippen LogP contribution in [-0.2, 0) is 4.79 Å². The molecule has 1 aromatic carbocycles. The molecular formula is C18H32IN5O. The number of guanidine groups is 1. The lowest BCUT2D eigenvalue weighted by molar-refractivity contribution is -0.127. The van der Waals surface area contributed by atoms with E-state index in [1.54, 1.807) is 19.0 Å². The molecule has 7 heteroatoms. The van der Waals surface area contributed by atoms with Crippen LogP contribution >= 0.6 is 24.0 Å². The van der Waals surface area contributed by atoms with E-state index in [4.69, 9.17) is 0 Å². The molecule has 0 aliphatic rings. The Kier molecular flexibility index (Phi) is 12.9. The average molecular weight is 461 g/mol. The van der Waals surface area contributed by atoms with Crippen molar-refractivity contribution in [2.24, 2.45) is 4.99 Å². The molecule has 6 nitrogen and oxygen atoms in total. The van der Waals surface area contributed by atoms with Gasteiger partial charge < -0.3 is 20.4 Å². The first-order valence-corrected chi connectivity index (χ1v) is 8.53. The number of likely N-dealkylation sites (N-methyl/N-ethyl adjacent to an activating group) is 1. The van der Waals surface area contributed by atoms with E-state index in [1.165, 1.54) is 5.69 Å². The van der Waals surface area contributed by atoms with E-state index in [0.717, 1.165) is 32.5 Å². The van der Waals surface area contributed by atoms with Crippen LogP contribution in [0.3, 0.4) is 0 Å². The van der Waals surface area contributed by atoms with Gasteiger partial charge in [0.2, 0.25) is 5.91 Å². The highest BCUT2D eigenvalue weighted by Crippen LogP contribution is 2.10. The van der Waals surface area contributed by atoms with Gasteiger partial charge in [-0.15, -0.1) is 24.0 Å². The lowest BCUT2D eigenvalue weighted by Gasteiger charge is -2.19. The van der Waals surface area contributed by atoms with E-state index in [2.05, 4.69) is 46.6 Å². The first-order chi connectivity index (χ1) is 11.5. The van der Waals surface area contributed by atoms with Crippen LogP contribution in [0.25, 0.3) is 0 Å². The number of anilines is 1. The Morgan fingerprint density at radius 2 is 1.72 bits per heavy atom. The largest absolute Gasteiger partial charge is 0.375 e. The number of carbonyl (C=O) groups excluding carboxylic acids is 1. The standard InChI is InChI=1S/C18H31N5O.HI/c1-5-12-19-18(21-15-17(24)22(2)3)20-13-9-14-23(4)16-10-7-6-8-11-16;/h6-8,10-11H,5,9,12-15H2,1-4H3,(H2,19,20,21);1H. The molecule has 0 aliphatic heterocycles. The topological polar surface area (TPSA) is 60.0 Å². The zero-order valence-electron chi connectivity index (χ0n) is 15.8. The van der Waals surface area contributed by atoms with Gasteiger partial charge in [0, 0.05) is 46.5 Å². The van der Waals surface area contributed by atoms with E-state index >= 15 is 0 Å². The first-order valence-electron chi connectivity index (χ1n) is 8.53. The van der Waals surface area contributed by atoms with Crippen molar-refractivity contribution >= 4 is 41.5 Å². The number of rotatable bonds is 9. The summed E-state index contributed by atoms with van der Waals surface area (Å²) in [6, 6.07) is 10.3. The second-order valence-corrected chi connectivity index (χ2v) is 5.92. The SMILES string of the molecule is CCCNC(=NCC(=O)N(C)C)NCCCN(C)c1ccccc1.I. The Balaban J connectivity index is 0.00000576. The van der Waals surface area contributed by atoms with Crippen molar-refractivity contribution in [2.45, 2.75) is 19.8 Å². The highest BCUT2D eigenvalue weighted by Gasteiger charge is 2.04. The van der Waals surface area contributed by atoms with Crippen LogP contribution in [0.1, 0.15) is 19.8 Å². The quantitative estimate of drug-likeness (QED) is 0.256. The van der Waals surface area contributed by atoms with E-state index in [-0.39, 0.29) is 36.4 Å². The zero-order valence-corrected chi connectivity index (χ0v) is 18.1. The molecule has 0 aliphatic carbocycles. The van der Waals surface area contributed by atoms with Crippen molar-refractivity contribution in [3.8, 4) is 0 Å². The summed E-state index contributed by atoms with van der Waals surface area (Å²) in [7, 11) is 5.57. The molecule has 2 N–H and O–H groups in total. The summed E-state index contributed by atoms with van der Waals surface area (Å²) in [5, 5.41) is 6.54. The molecule has 0 atom stereocenters. The number of benzene rings is 1. The molecular weight excluding hydrogens is 429 g/mol. The monoisotopic (exact) mass is 461 g/mol. The van der Waals surface area contributed by atoms with Crippen molar-refractivity contribution in [3.63, 3.8) is 0 Å². The first kappa shape index (κ1) is 23.5. The van der Waals surface area contributed by atoms with E-state index in [1.807, 2.05) is 18.2 Å². The summed E-state index contributed by atoms with van der Waals surface area (Å²) >= 11 is 0. The molecule has 0 fully saturated rings. The Bertz CT molecular complexity index is 507. The maximum absolute atomic E-state index is 11.7. The molecule has 0 aromatic heterocycles. The summed E-state index contributed by atoms with van der Waals surface area (Å²) in [5.74, 6) is 0.700. The molecule has 0 radical (unpaired) electrons. The molecule has 142 valence electrons. The number of aliphatic imine (C=N–C) groups is 1. The number of carbonyl (C=O) groups is 1. The molecule has 1 rings (SSSR count). The lowest BCUT2D eigenvalue weighted by atomic mass is 10.3. The van der Waals surface area contributed by atoms with E-state index < -0.39 is 0 Å². The predicted octanol–water partition coefficient (Wildman–Crippen LogP) is 2.16. The van der Waals surface area contributed by atoms with Gasteiger partial charge in [0.1, 0.15) is 6.54 Å². The summed E-state index contributed by atoms with van der Waals surface area (Å²) < 4.78 is 0. The second kappa shape index (κ2) is 13.7. The molecule has 25 heavy (non-hydrogen) atoms. The van der Waals surface area contributed by atoms with Gasteiger partial charge in [-0.1, -0.05) is 25.1 Å². The van der Waals surface area contributed by atoms with Gasteiger partial charge in [-0.2, -0.15) is 0 Å². The molecule has 0 unspecified atom stereocenters. The van der Waals surface area contributed by atoms with Crippen LogP contribution in [0.2, 0.25) is 0 Å². The van der Waals surface area contributed by atoms with Crippen LogP contribution in [0.4, 0.5) is 5.69 Å². The van der Waals surface area contributed by atoms with Crippen LogP contribution in [0.5, 0.6) is 0 Å². The van der Waals surface area contributed by atoms with Crippen molar-refractivity contribution < 1.29 is 4.79 Å². The molecule has 1 aromatic rings. The van der Waals surface area contributed by atoms with Gasteiger partial charge >= 0.3 is 0 Å². The minimum atomic E-state index is -0.00332. The predicted molar refractivity (Wildman–Crippen MR) is 117 cm³/mol. The fraction of sp³-hybridized carbons (Fsp3) is 0.556. The van der Waals surface area contributed by atoms with E-state index in [9.17, 15) is 4.79 Å². The van der Waals surface area contributed by atoms with Crippen LogP contribution in [0.15, 0.2) is 35.3 Å². The molecule has 1 amide bonds. The number of para-hydroxylation sites is 1. The third-order valence-corrected chi connectivity index (χ3v) is 3.57.